The summed E-state index contributed by atoms with van der Waals surface area (Å²) in [5.74, 6) is -2.63. The van der Waals surface area contributed by atoms with Gasteiger partial charge in [-0.1, -0.05) is 0 Å². The van der Waals surface area contributed by atoms with Crippen molar-refractivity contribution in [2.24, 2.45) is 0 Å². The minimum atomic E-state index is -1.66. The van der Waals surface area contributed by atoms with Gasteiger partial charge in [-0.25, -0.2) is 4.79 Å². The Morgan fingerprint density at radius 3 is 2.59 bits per heavy atom. The van der Waals surface area contributed by atoms with Crippen LogP contribution in [-0.2, 0) is 19.1 Å². The zero-order valence-electron chi connectivity index (χ0n) is 11.7. The molecule has 0 bridgehead atoms. The summed E-state index contributed by atoms with van der Waals surface area (Å²) in [6, 6.07) is -1.17. The van der Waals surface area contributed by atoms with Gasteiger partial charge in [0, 0.05) is 13.5 Å². The number of hydrogen-bond donors (Lipinski definition) is 6. The third-order valence-electron chi connectivity index (χ3n) is 3.03. The van der Waals surface area contributed by atoms with E-state index in [0.717, 1.165) is 13.0 Å². The second-order valence-electron chi connectivity index (χ2n) is 4.72. The highest BCUT2D eigenvalue weighted by Gasteiger charge is 2.42. The molecule has 2 unspecified atom stereocenters. The molecule has 10 nitrogen and oxygen atoms in total. The molecule has 10 heteroatoms. The summed E-state index contributed by atoms with van der Waals surface area (Å²) in [4.78, 5) is 32.3. The van der Waals surface area contributed by atoms with Crippen LogP contribution in [0.4, 0.5) is 0 Å². The number of carbonyl (C=O) groups excluding carboxylic acids is 2. The van der Waals surface area contributed by atoms with Gasteiger partial charge in [-0.05, 0) is 6.08 Å². The van der Waals surface area contributed by atoms with Crippen molar-refractivity contribution in [3.05, 3.63) is 11.8 Å². The summed E-state index contributed by atoms with van der Waals surface area (Å²) in [6.45, 7) is 0.844. The highest BCUT2D eigenvalue weighted by Crippen LogP contribution is 2.22. The molecule has 6 N–H and O–H groups in total. The van der Waals surface area contributed by atoms with E-state index in [1.54, 1.807) is 0 Å². The number of aliphatic hydroxyl groups is 3. The van der Waals surface area contributed by atoms with E-state index >= 15 is 0 Å². The lowest BCUT2D eigenvalue weighted by Crippen LogP contribution is -2.60. The molecule has 0 spiro atoms. The van der Waals surface area contributed by atoms with Crippen LogP contribution in [0.3, 0.4) is 0 Å². The Kier molecular flexibility index (Phi) is 6.28. The van der Waals surface area contributed by atoms with Crippen LogP contribution in [0.1, 0.15) is 6.92 Å². The molecule has 1 aliphatic rings. The number of ether oxygens (including phenoxy) is 1. The Morgan fingerprint density at radius 2 is 2.09 bits per heavy atom. The summed E-state index contributed by atoms with van der Waals surface area (Å²) >= 11 is 0. The fraction of sp³-hybridized carbons (Fsp3) is 0.583. The van der Waals surface area contributed by atoms with E-state index in [-0.39, 0.29) is 6.54 Å². The maximum absolute atomic E-state index is 11.2. The van der Waals surface area contributed by atoms with Crippen molar-refractivity contribution < 1.29 is 39.5 Å². The molecule has 2 amide bonds. The molecular weight excluding hydrogens is 300 g/mol. The first-order valence-electron chi connectivity index (χ1n) is 6.38. The Morgan fingerprint density at radius 1 is 1.45 bits per heavy atom. The van der Waals surface area contributed by atoms with E-state index in [0.29, 0.717) is 6.41 Å². The number of rotatable bonds is 7. The standard InChI is InChI=1S/C12H18N2O8/c1-5(16)14-9-6(17)2-8(12(20)21)22-11(9)10(19)7(18)3-13-4-15/h2,4,6-7,9-11,17-19H,3H2,1H3,(H,13,15)(H,14,16)(H,20,21)/t6-,7+,9?,10+,11?/m1/s1. The Bertz CT molecular complexity index is 466. The molecule has 0 radical (unpaired) electrons. The molecule has 1 heterocycles. The molecule has 1 aliphatic heterocycles. The van der Waals surface area contributed by atoms with Crippen LogP contribution in [0.2, 0.25) is 0 Å². The Balaban J connectivity index is 2.98. The van der Waals surface area contributed by atoms with Gasteiger partial charge in [-0.2, -0.15) is 0 Å². The van der Waals surface area contributed by atoms with Crippen molar-refractivity contribution in [1.82, 2.24) is 10.6 Å². The minimum absolute atomic E-state index is 0.306. The van der Waals surface area contributed by atoms with Crippen LogP contribution < -0.4 is 10.6 Å². The zero-order valence-corrected chi connectivity index (χ0v) is 11.7. The molecule has 124 valence electrons. The second kappa shape index (κ2) is 7.73. The molecule has 0 aromatic rings. The van der Waals surface area contributed by atoms with Crippen molar-refractivity contribution >= 4 is 18.3 Å². The number of carbonyl (C=O) groups is 3. The van der Waals surface area contributed by atoms with Crippen molar-refractivity contribution in [3.8, 4) is 0 Å². The fourth-order valence-corrected chi connectivity index (χ4v) is 2.03. The van der Waals surface area contributed by atoms with Crippen LogP contribution >= 0.6 is 0 Å². The number of aliphatic hydroxyl groups excluding tert-OH is 3. The maximum atomic E-state index is 11.2. The highest BCUT2D eigenvalue weighted by atomic mass is 16.5. The number of amides is 2. The van der Waals surface area contributed by atoms with Gasteiger partial charge in [0.2, 0.25) is 18.1 Å². The van der Waals surface area contributed by atoms with E-state index in [1.807, 2.05) is 0 Å². The molecule has 5 atom stereocenters. The lowest BCUT2D eigenvalue weighted by Gasteiger charge is -2.38. The average Bonchev–Trinajstić information content (AvgIpc) is 2.45. The van der Waals surface area contributed by atoms with Crippen molar-refractivity contribution in [3.63, 3.8) is 0 Å². The molecular formula is C12H18N2O8. The molecule has 0 aromatic heterocycles. The molecule has 0 aromatic carbocycles. The third-order valence-corrected chi connectivity index (χ3v) is 3.03. The van der Waals surface area contributed by atoms with Crippen LogP contribution in [0, 0.1) is 0 Å². The fourth-order valence-electron chi connectivity index (χ4n) is 2.03. The van der Waals surface area contributed by atoms with Crippen LogP contribution in [0.15, 0.2) is 11.8 Å². The first-order valence-corrected chi connectivity index (χ1v) is 6.38. The minimum Gasteiger partial charge on any atom is -0.478 e. The summed E-state index contributed by atoms with van der Waals surface area (Å²) in [5, 5.41) is 43.1. The first kappa shape index (κ1) is 17.9. The summed E-state index contributed by atoms with van der Waals surface area (Å²) in [5.41, 5.74) is 0. The van der Waals surface area contributed by atoms with Gasteiger partial charge in [0.05, 0.1) is 6.04 Å². The lowest BCUT2D eigenvalue weighted by atomic mass is 9.93. The van der Waals surface area contributed by atoms with Gasteiger partial charge in [-0.3, -0.25) is 9.59 Å². The van der Waals surface area contributed by atoms with E-state index in [9.17, 15) is 29.7 Å². The average molecular weight is 318 g/mol. The van der Waals surface area contributed by atoms with Crippen molar-refractivity contribution in [2.75, 3.05) is 6.54 Å². The van der Waals surface area contributed by atoms with E-state index in [4.69, 9.17) is 9.84 Å². The zero-order chi connectivity index (χ0) is 16.9. The molecule has 0 fully saturated rings. The monoisotopic (exact) mass is 318 g/mol. The summed E-state index contributed by atoms with van der Waals surface area (Å²) in [6.07, 6.45) is -4.83. The normalized spacial score (nSPS) is 26.9. The van der Waals surface area contributed by atoms with Crippen molar-refractivity contribution in [2.45, 2.75) is 37.4 Å². The number of aliphatic carboxylic acids is 1. The second-order valence-corrected chi connectivity index (χ2v) is 4.72. The summed E-state index contributed by atoms with van der Waals surface area (Å²) in [7, 11) is 0. The molecule has 0 saturated heterocycles. The van der Waals surface area contributed by atoms with E-state index in [1.165, 1.54) is 0 Å². The Labute approximate surface area is 125 Å². The van der Waals surface area contributed by atoms with Gasteiger partial charge >= 0.3 is 5.97 Å². The van der Waals surface area contributed by atoms with Crippen LogP contribution in [0.5, 0.6) is 0 Å². The smallest absolute Gasteiger partial charge is 0.370 e. The molecule has 0 aliphatic carbocycles. The molecule has 0 saturated carbocycles. The van der Waals surface area contributed by atoms with E-state index < -0.39 is 48.1 Å². The highest BCUT2D eigenvalue weighted by molar-refractivity contribution is 5.84. The largest absolute Gasteiger partial charge is 0.478 e. The summed E-state index contributed by atoms with van der Waals surface area (Å²) < 4.78 is 5.06. The van der Waals surface area contributed by atoms with E-state index in [2.05, 4.69) is 10.6 Å². The molecule has 22 heavy (non-hydrogen) atoms. The van der Waals surface area contributed by atoms with Crippen molar-refractivity contribution in [1.29, 1.82) is 0 Å². The van der Waals surface area contributed by atoms with Gasteiger partial charge < -0.3 is 35.8 Å². The van der Waals surface area contributed by atoms with Gasteiger partial charge in [0.1, 0.15) is 18.3 Å². The molecule has 1 rings (SSSR count). The first-order chi connectivity index (χ1) is 10.3. The predicted molar refractivity (Wildman–Crippen MR) is 70.3 cm³/mol. The lowest BCUT2D eigenvalue weighted by molar-refractivity contribution is -0.147. The maximum Gasteiger partial charge on any atom is 0.370 e. The van der Waals surface area contributed by atoms with Gasteiger partial charge in [-0.15, -0.1) is 0 Å². The predicted octanol–water partition coefficient (Wildman–Crippen LogP) is -3.31. The number of nitrogens with one attached hydrogen (secondary N) is 2. The van der Waals surface area contributed by atoms with Gasteiger partial charge in [0.25, 0.3) is 0 Å². The third kappa shape index (κ3) is 4.41. The van der Waals surface area contributed by atoms with Crippen LogP contribution in [-0.4, -0.2) is 75.7 Å². The van der Waals surface area contributed by atoms with Crippen LogP contribution in [0.25, 0.3) is 0 Å². The number of hydrogen-bond acceptors (Lipinski definition) is 7. The SMILES string of the molecule is CC(=O)NC1C([C@@H](O)[C@@H](O)CNC=O)OC(C(=O)O)=C[C@H]1O. The Hall–Kier alpha value is -2.17. The van der Waals surface area contributed by atoms with Gasteiger partial charge in [0.15, 0.2) is 6.10 Å². The number of carboxylic acids is 1. The number of carboxylic acid groups (broad SMARTS) is 1. The topological polar surface area (TPSA) is 165 Å². The quantitative estimate of drug-likeness (QED) is 0.265.